The summed E-state index contributed by atoms with van der Waals surface area (Å²) < 4.78 is -2.72. The number of halogens is 1. The van der Waals surface area contributed by atoms with Crippen LogP contribution >= 0.6 is 26.3 Å². The van der Waals surface area contributed by atoms with Gasteiger partial charge >= 0.3 is 229 Å². The third-order valence-corrected chi connectivity index (χ3v) is 19.3. The zero-order valence-corrected chi connectivity index (χ0v) is 25.9. The van der Waals surface area contributed by atoms with E-state index >= 15 is 0 Å². The summed E-state index contributed by atoms with van der Waals surface area (Å²) in [5, 5.41) is 13.2. The van der Waals surface area contributed by atoms with Gasteiger partial charge in [0.05, 0.1) is 0 Å². The van der Waals surface area contributed by atoms with Gasteiger partial charge in [-0.3, -0.25) is 4.79 Å². The molecular weight excluding hydrogens is 586 g/mol. The van der Waals surface area contributed by atoms with E-state index < -0.39 is 10.2 Å². The van der Waals surface area contributed by atoms with Crippen LogP contribution in [0.1, 0.15) is 80.9 Å². The first kappa shape index (κ1) is 29.8. The molecule has 0 radical (unpaired) electrons. The summed E-state index contributed by atoms with van der Waals surface area (Å²) in [6.07, 6.45) is 12.0. The van der Waals surface area contributed by atoms with Crippen LogP contribution in [0.2, 0.25) is 0 Å². The van der Waals surface area contributed by atoms with Gasteiger partial charge in [-0.15, -0.1) is 0 Å². The molecule has 0 saturated carbocycles. The van der Waals surface area contributed by atoms with Gasteiger partial charge in [-0.1, -0.05) is 0 Å². The van der Waals surface area contributed by atoms with E-state index in [4.69, 9.17) is 5.11 Å². The second-order valence-corrected chi connectivity index (χ2v) is 21.5. The Morgan fingerprint density at radius 1 is 0.622 bits per heavy atom. The Balaban J connectivity index is 1.80. The van der Waals surface area contributed by atoms with Gasteiger partial charge in [0.2, 0.25) is 0 Å². The van der Waals surface area contributed by atoms with Crippen LogP contribution in [0.5, 0.6) is 0 Å². The molecule has 0 amide bonds. The van der Waals surface area contributed by atoms with Crippen LogP contribution in [0.25, 0.3) is 0 Å². The van der Waals surface area contributed by atoms with Gasteiger partial charge in [0.25, 0.3) is 0 Å². The maximum absolute atomic E-state index is 10.7. The van der Waals surface area contributed by atoms with Crippen molar-refractivity contribution in [2.75, 3.05) is 6.16 Å². The number of aryl methyl sites for hydroxylation is 3. The number of carboxylic acid groups (broad SMARTS) is 1. The average Bonchev–Trinajstić information content (AvgIpc) is 2.87. The Bertz CT molecular complexity index is 1060. The Hall–Kier alpha value is -1.71. The third kappa shape index (κ3) is 7.67. The first-order valence-electron chi connectivity index (χ1n) is 13.9. The molecule has 3 aromatic rings. The first-order valence-corrected chi connectivity index (χ1v) is 19.1. The molecule has 0 aliphatic carbocycles. The quantitative estimate of drug-likeness (QED) is 0.104. The van der Waals surface area contributed by atoms with E-state index in [9.17, 15) is 4.79 Å². The van der Waals surface area contributed by atoms with Crippen molar-refractivity contribution in [2.45, 2.75) is 85.0 Å². The van der Waals surface area contributed by atoms with Crippen molar-refractivity contribution in [1.82, 2.24) is 0 Å². The number of carbonyl (C=O) groups is 1. The molecule has 0 aromatic heterocycles. The van der Waals surface area contributed by atoms with E-state index in [1.807, 2.05) is 0 Å². The Kier molecular flexibility index (Phi) is 11.2. The van der Waals surface area contributed by atoms with Crippen molar-refractivity contribution < 1.29 is 9.90 Å². The summed E-state index contributed by atoms with van der Waals surface area (Å²) in [5.41, 5.74) is 3.98. The molecule has 37 heavy (non-hydrogen) atoms. The second kappa shape index (κ2) is 13.9. The van der Waals surface area contributed by atoms with E-state index in [0.717, 1.165) is 19.3 Å². The number of aliphatic carboxylic acids is 1. The summed E-state index contributed by atoms with van der Waals surface area (Å²) >= 11 is 2.94. The van der Waals surface area contributed by atoms with Crippen LogP contribution in [0, 0.1) is 20.8 Å². The number of rotatable bonds is 15. The number of carboxylic acids is 1. The number of hydrogen-bond acceptors (Lipinski definition) is 1. The molecule has 0 heterocycles. The first-order chi connectivity index (χ1) is 17.7. The van der Waals surface area contributed by atoms with Gasteiger partial charge in [0.1, 0.15) is 0 Å². The maximum atomic E-state index is 10.7. The molecule has 200 valence electrons. The molecule has 0 saturated heterocycles. The summed E-state index contributed by atoms with van der Waals surface area (Å²) in [7, 11) is 0. The fourth-order valence-electron chi connectivity index (χ4n) is 5.51. The predicted molar refractivity (Wildman–Crippen MR) is 172 cm³/mol. The molecule has 0 fully saturated rings. The van der Waals surface area contributed by atoms with Gasteiger partial charge < -0.3 is 5.11 Å². The predicted octanol–water partition coefficient (Wildman–Crippen LogP) is 8.78. The fourth-order valence-corrected chi connectivity index (χ4v) is 14.3. The second-order valence-electron chi connectivity index (χ2n) is 10.7. The number of hydrogen-bond donors (Lipinski definition) is 1. The zero-order valence-electron chi connectivity index (χ0n) is 22.9. The minimum atomic E-state index is -2.72. The monoisotopic (exact) mass is 630 g/mol. The molecule has 1 N–H and O–H groups in total. The van der Waals surface area contributed by atoms with Crippen LogP contribution in [0.3, 0.4) is 0 Å². The van der Waals surface area contributed by atoms with Crippen molar-refractivity contribution in [1.29, 1.82) is 0 Å². The van der Waals surface area contributed by atoms with Gasteiger partial charge in [0.15, 0.2) is 0 Å². The van der Waals surface area contributed by atoms with Crippen LogP contribution in [0.4, 0.5) is 0 Å². The molecule has 3 rings (SSSR count). The van der Waals surface area contributed by atoms with Crippen molar-refractivity contribution >= 4 is 48.2 Å². The van der Waals surface area contributed by atoms with Gasteiger partial charge in [-0.05, 0) is 0 Å². The summed E-state index contributed by atoms with van der Waals surface area (Å²) in [4.78, 5) is 10.7. The summed E-state index contributed by atoms with van der Waals surface area (Å²) in [6.45, 7) is 6.65. The van der Waals surface area contributed by atoms with Crippen molar-refractivity contribution in [3.8, 4) is 0 Å². The average molecular weight is 631 g/mol. The van der Waals surface area contributed by atoms with Gasteiger partial charge in [-0.25, -0.2) is 0 Å². The number of benzene rings is 3. The Morgan fingerprint density at radius 3 is 1.32 bits per heavy atom. The Morgan fingerprint density at radius 2 is 0.973 bits per heavy atom. The third-order valence-electron chi connectivity index (χ3n) is 7.59. The standard InChI is InChI=1S/C33H44IO2P/c1-27-16-13-19-30(24-27)37(34,31-20-14-17-28(2)25-31,32-21-15-18-29(3)26-32)23-12-10-8-6-4-5-7-9-11-22-33(35)36/h13-21,24-26H,4-12,22-23H2,1-3H3,(H,35,36). The van der Waals surface area contributed by atoms with Gasteiger partial charge in [-0.2, -0.15) is 0 Å². The van der Waals surface area contributed by atoms with E-state index in [2.05, 4.69) is 116 Å². The number of unbranched alkanes of at least 4 members (excludes halogenated alkanes) is 8. The molecule has 2 nitrogen and oxygen atoms in total. The van der Waals surface area contributed by atoms with Crippen molar-refractivity contribution in [3.63, 3.8) is 0 Å². The topological polar surface area (TPSA) is 37.3 Å². The molecule has 3 aromatic carbocycles. The Labute approximate surface area is 237 Å². The molecule has 0 atom stereocenters. The minimum absolute atomic E-state index is 0.311. The summed E-state index contributed by atoms with van der Waals surface area (Å²) in [6, 6.07) is 27.9. The van der Waals surface area contributed by atoms with Crippen LogP contribution in [-0.4, -0.2) is 17.2 Å². The molecule has 0 aliphatic heterocycles. The molecule has 0 unspecified atom stereocenters. The van der Waals surface area contributed by atoms with Crippen molar-refractivity contribution in [2.24, 2.45) is 0 Å². The molecule has 0 bridgehead atoms. The van der Waals surface area contributed by atoms with Crippen molar-refractivity contribution in [3.05, 3.63) is 89.5 Å². The van der Waals surface area contributed by atoms with Gasteiger partial charge in [0, 0.05) is 0 Å². The van der Waals surface area contributed by atoms with E-state index in [-0.39, 0.29) is 0 Å². The molecule has 4 heteroatoms. The fraction of sp³-hybridized carbons (Fsp3) is 0.424. The van der Waals surface area contributed by atoms with E-state index in [1.54, 1.807) is 0 Å². The molecular formula is C33H44IO2P. The van der Waals surface area contributed by atoms with E-state index in [0.29, 0.717) is 6.42 Å². The SMILES string of the molecule is Cc1cccc(P(I)(CCCCCCCCCCCC(=O)O)(c2cccc(C)c2)c2cccc(C)c2)c1. The van der Waals surface area contributed by atoms with Crippen LogP contribution < -0.4 is 15.9 Å². The molecule has 0 aliphatic rings. The zero-order chi connectivity index (χ0) is 26.8. The van der Waals surface area contributed by atoms with Crippen LogP contribution in [0.15, 0.2) is 72.8 Å². The van der Waals surface area contributed by atoms with Crippen LogP contribution in [-0.2, 0) is 4.79 Å². The normalized spacial score (nSPS) is 12.7. The summed E-state index contributed by atoms with van der Waals surface area (Å²) in [5.74, 6) is -0.672. The molecule has 0 spiro atoms. The van der Waals surface area contributed by atoms with E-state index in [1.165, 1.54) is 77.3 Å².